The minimum atomic E-state index is 0.532. The molecule has 0 aromatic carbocycles. The molecular weight excluding hydrogens is 246 g/mol. The van der Waals surface area contributed by atoms with E-state index in [9.17, 15) is 0 Å². The van der Waals surface area contributed by atoms with E-state index in [0.717, 1.165) is 5.92 Å². The Morgan fingerprint density at radius 2 is 1.90 bits per heavy atom. The van der Waals surface area contributed by atoms with Crippen molar-refractivity contribution in [2.45, 2.75) is 44.9 Å². The van der Waals surface area contributed by atoms with Crippen LogP contribution >= 0.6 is 0 Å². The summed E-state index contributed by atoms with van der Waals surface area (Å²) >= 11 is 0. The Morgan fingerprint density at radius 3 is 2.45 bits per heavy atom. The maximum absolute atomic E-state index is 3.48. The molecule has 0 aromatic heterocycles. The van der Waals surface area contributed by atoms with Crippen LogP contribution in [0.1, 0.15) is 44.9 Å². The van der Waals surface area contributed by atoms with Crippen molar-refractivity contribution < 1.29 is 0 Å². The minimum Gasteiger partial charge on any atom is -0.319 e. The number of hydrogen-bond donors (Lipinski definition) is 1. The van der Waals surface area contributed by atoms with E-state index in [1.807, 2.05) is 0 Å². The van der Waals surface area contributed by atoms with Crippen molar-refractivity contribution in [3.8, 4) is 0 Å². The zero-order chi connectivity index (χ0) is 14.4. The Balaban J connectivity index is 1.86. The van der Waals surface area contributed by atoms with Crippen LogP contribution in [-0.4, -0.2) is 63.7 Å². The van der Waals surface area contributed by atoms with Crippen LogP contribution in [0.3, 0.4) is 0 Å². The zero-order valence-electron chi connectivity index (χ0n) is 14.0. The van der Waals surface area contributed by atoms with Gasteiger partial charge in [0.25, 0.3) is 0 Å². The van der Waals surface area contributed by atoms with Crippen LogP contribution in [0.5, 0.6) is 0 Å². The first-order valence-electron chi connectivity index (χ1n) is 8.65. The molecule has 1 saturated carbocycles. The molecule has 0 aromatic rings. The molecule has 1 unspecified atom stereocenters. The van der Waals surface area contributed by atoms with Crippen molar-refractivity contribution in [1.82, 2.24) is 15.1 Å². The maximum Gasteiger partial charge on any atom is 0.00472 e. The summed E-state index contributed by atoms with van der Waals surface area (Å²) < 4.78 is 0. The van der Waals surface area contributed by atoms with Crippen LogP contribution in [0.4, 0.5) is 0 Å². The monoisotopic (exact) mass is 281 g/mol. The second-order valence-corrected chi connectivity index (χ2v) is 7.56. The van der Waals surface area contributed by atoms with E-state index in [2.05, 4.69) is 36.3 Å². The molecule has 1 saturated heterocycles. The molecule has 1 atom stereocenters. The van der Waals surface area contributed by atoms with Crippen LogP contribution < -0.4 is 5.32 Å². The molecule has 2 fully saturated rings. The van der Waals surface area contributed by atoms with Gasteiger partial charge in [0.2, 0.25) is 0 Å². The number of likely N-dealkylation sites (tertiary alicyclic amines) is 1. The Bertz CT molecular complexity index is 271. The average Bonchev–Trinajstić information content (AvgIpc) is 2.66. The maximum atomic E-state index is 3.48. The van der Waals surface area contributed by atoms with Gasteiger partial charge in [-0.1, -0.05) is 25.7 Å². The summed E-state index contributed by atoms with van der Waals surface area (Å²) in [7, 11) is 6.73. The first-order chi connectivity index (χ1) is 9.63. The second kappa shape index (κ2) is 7.77. The fourth-order valence-corrected chi connectivity index (χ4v) is 4.50. The predicted molar refractivity (Wildman–Crippen MR) is 87.2 cm³/mol. The quantitative estimate of drug-likeness (QED) is 0.754. The molecule has 1 N–H and O–H groups in total. The zero-order valence-corrected chi connectivity index (χ0v) is 14.0. The van der Waals surface area contributed by atoms with E-state index in [-0.39, 0.29) is 0 Å². The lowest BCUT2D eigenvalue weighted by molar-refractivity contribution is 0.136. The van der Waals surface area contributed by atoms with Crippen LogP contribution in [-0.2, 0) is 0 Å². The fourth-order valence-electron chi connectivity index (χ4n) is 4.50. The lowest BCUT2D eigenvalue weighted by atomic mass is 9.79. The topological polar surface area (TPSA) is 18.5 Å². The highest BCUT2D eigenvalue weighted by Gasteiger charge is 2.32. The minimum absolute atomic E-state index is 0.532. The Morgan fingerprint density at radius 1 is 1.20 bits per heavy atom. The Kier molecular flexibility index (Phi) is 6.31. The lowest BCUT2D eigenvalue weighted by Crippen LogP contribution is -2.43. The molecule has 1 aliphatic carbocycles. The first-order valence-corrected chi connectivity index (χ1v) is 8.65. The van der Waals surface area contributed by atoms with Crippen LogP contribution in [0.15, 0.2) is 0 Å². The van der Waals surface area contributed by atoms with Crippen molar-refractivity contribution in [3.63, 3.8) is 0 Å². The van der Waals surface area contributed by atoms with Crippen LogP contribution in [0.25, 0.3) is 0 Å². The van der Waals surface area contributed by atoms with E-state index in [1.54, 1.807) is 0 Å². The van der Waals surface area contributed by atoms with Crippen LogP contribution in [0, 0.1) is 11.3 Å². The van der Waals surface area contributed by atoms with Gasteiger partial charge in [0.05, 0.1) is 0 Å². The highest BCUT2D eigenvalue weighted by molar-refractivity contribution is 4.87. The molecule has 0 bridgehead atoms. The van der Waals surface area contributed by atoms with Gasteiger partial charge in [0.1, 0.15) is 0 Å². The van der Waals surface area contributed by atoms with Gasteiger partial charge in [0, 0.05) is 26.2 Å². The molecule has 20 heavy (non-hydrogen) atoms. The first kappa shape index (κ1) is 16.3. The normalized spacial score (nSPS) is 27.9. The van der Waals surface area contributed by atoms with E-state index >= 15 is 0 Å². The summed E-state index contributed by atoms with van der Waals surface area (Å²) in [5.74, 6) is 0.891. The molecular formula is C17H35N3. The van der Waals surface area contributed by atoms with Gasteiger partial charge in [-0.2, -0.15) is 0 Å². The third-order valence-electron chi connectivity index (χ3n) is 5.38. The standard InChI is InChI=1S/C17H35N3/c1-18-14-17(9-6-4-5-7-10-17)15-20(3)13-16-8-11-19(2)12-16/h16,18H,4-15H2,1-3H3. The summed E-state index contributed by atoms with van der Waals surface area (Å²) in [6.07, 6.45) is 9.99. The van der Waals surface area contributed by atoms with Crippen molar-refractivity contribution in [3.05, 3.63) is 0 Å². The summed E-state index contributed by atoms with van der Waals surface area (Å²) in [5.41, 5.74) is 0.532. The molecule has 0 amide bonds. The number of nitrogens with one attached hydrogen (secondary N) is 1. The van der Waals surface area contributed by atoms with Crippen molar-refractivity contribution in [2.75, 3.05) is 53.9 Å². The number of hydrogen-bond acceptors (Lipinski definition) is 3. The molecule has 118 valence electrons. The SMILES string of the molecule is CNCC1(CN(C)CC2CCN(C)C2)CCCCCC1. The van der Waals surface area contributed by atoms with Crippen molar-refractivity contribution in [2.24, 2.45) is 11.3 Å². The van der Waals surface area contributed by atoms with Crippen molar-refractivity contribution in [1.29, 1.82) is 0 Å². The van der Waals surface area contributed by atoms with Crippen molar-refractivity contribution >= 4 is 0 Å². The van der Waals surface area contributed by atoms with Gasteiger partial charge >= 0.3 is 0 Å². The van der Waals surface area contributed by atoms with Gasteiger partial charge < -0.3 is 15.1 Å². The molecule has 2 rings (SSSR count). The van der Waals surface area contributed by atoms with Gasteiger partial charge in [0.15, 0.2) is 0 Å². The molecule has 3 heteroatoms. The third-order valence-corrected chi connectivity index (χ3v) is 5.38. The fraction of sp³-hybridized carbons (Fsp3) is 1.00. The predicted octanol–water partition coefficient (Wildman–Crippen LogP) is 2.43. The molecule has 0 spiro atoms. The highest BCUT2D eigenvalue weighted by Crippen LogP contribution is 2.35. The van der Waals surface area contributed by atoms with E-state index in [4.69, 9.17) is 0 Å². The Labute approximate surface area is 126 Å². The summed E-state index contributed by atoms with van der Waals surface area (Å²) in [4.78, 5) is 5.11. The molecule has 1 aliphatic heterocycles. The third kappa shape index (κ3) is 4.71. The second-order valence-electron chi connectivity index (χ2n) is 7.56. The Hall–Kier alpha value is -0.120. The summed E-state index contributed by atoms with van der Waals surface area (Å²) in [6, 6.07) is 0. The smallest absolute Gasteiger partial charge is 0.00472 e. The van der Waals surface area contributed by atoms with Gasteiger partial charge in [-0.05, 0) is 58.3 Å². The molecule has 2 aliphatic rings. The van der Waals surface area contributed by atoms with Gasteiger partial charge in [-0.25, -0.2) is 0 Å². The average molecular weight is 281 g/mol. The highest BCUT2D eigenvalue weighted by atomic mass is 15.2. The molecule has 3 nitrogen and oxygen atoms in total. The largest absolute Gasteiger partial charge is 0.319 e. The van der Waals surface area contributed by atoms with Gasteiger partial charge in [-0.3, -0.25) is 0 Å². The lowest BCUT2D eigenvalue weighted by Gasteiger charge is -2.37. The summed E-state index contributed by atoms with van der Waals surface area (Å²) in [5, 5.41) is 3.48. The number of rotatable bonds is 6. The van der Waals surface area contributed by atoms with Gasteiger partial charge in [-0.15, -0.1) is 0 Å². The molecule has 0 radical (unpaired) electrons. The summed E-state index contributed by atoms with van der Waals surface area (Å²) in [6.45, 7) is 6.36. The molecule has 1 heterocycles. The van der Waals surface area contributed by atoms with E-state index < -0.39 is 0 Å². The van der Waals surface area contributed by atoms with E-state index in [0.29, 0.717) is 5.41 Å². The van der Waals surface area contributed by atoms with E-state index in [1.165, 1.54) is 77.7 Å². The number of nitrogens with zero attached hydrogens (tertiary/aromatic N) is 2. The van der Waals surface area contributed by atoms with Crippen LogP contribution in [0.2, 0.25) is 0 Å².